The number of thiazole rings is 1. The summed E-state index contributed by atoms with van der Waals surface area (Å²) >= 11 is 1.71. The number of amides is 1. The van der Waals surface area contributed by atoms with Gasteiger partial charge in [-0.2, -0.15) is 0 Å². The summed E-state index contributed by atoms with van der Waals surface area (Å²) < 4.78 is 7.46. The van der Waals surface area contributed by atoms with E-state index in [9.17, 15) is 4.79 Å². The van der Waals surface area contributed by atoms with Crippen molar-refractivity contribution in [1.29, 1.82) is 0 Å². The van der Waals surface area contributed by atoms with E-state index in [4.69, 9.17) is 9.72 Å². The fraction of sp³-hybridized carbons (Fsp3) is 0.300. The highest BCUT2D eigenvalue weighted by Crippen LogP contribution is 2.52. The molecule has 25 heavy (non-hydrogen) atoms. The van der Waals surface area contributed by atoms with Crippen LogP contribution >= 0.6 is 11.3 Å². The van der Waals surface area contributed by atoms with E-state index in [0.29, 0.717) is 6.42 Å². The lowest BCUT2D eigenvalue weighted by atomic mass is 9.87. The second-order valence-corrected chi connectivity index (χ2v) is 7.85. The number of anilines is 1. The minimum atomic E-state index is -0.427. The number of nitrogens with one attached hydrogen (secondary N) is 1. The molecule has 5 heteroatoms. The number of carbonyl (C=O) groups is 1. The van der Waals surface area contributed by atoms with Crippen LogP contribution in [-0.2, 0) is 4.79 Å². The lowest BCUT2D eigenvalue weighted by Crippen LogP contribution is -2.30. The van der Waals surface area contributed by atoms with Crippen LogP contribution in [0, 0.1) is 0 Å². The van der Waals surface area contributed by atoms with Crippen molar-refractivity contribution in [3.8, 4) is 5.75 Å². The third kappa shape index (κ3) is 2.68. The van der Waals surface area contributed by atoms with E-state index in [1.165, 1.54) is 4.70 Å². The molecule has 1 aliphatic rings. The van der Waals surface area contributed by atoms with Crippen LogP contribution < -0.4 is 10.1 Å². The van der Waals surface area contributed by atoms with Crippen molar-refractivity contribution in [2.45, 2.75) is 38.7 Å². The molecule has 1 amide bonds. The van der Waals surface area contributed by atoms with Gasteiger partial charge in [-0.25, -0.2) is 4.98 Å². The van der Waals surface area contributed by atoms with Gasteiger partial charge in [-0.1, -0.05) is 31.2 Å². The summed E-state index contributed by atoms with van der Waals surface area (Å²) in [5.41, 5.74) is 2.41. The average Bonchev–Trinajstić information content (AvgIpc) is 3.11. The zero-order valence-corrected chi connectivity index (χ0v) is 15.3. The van der Waals surface area contributed by atoms with Crippen molar-refractivity contribution in [1.82, 2.24) is 4.98 Å². The molecule has 128 valence electrons. The largest absolute Gasteiger partial charge is 0.484 e. The van der Waals surface area contributed by atoms with Crippen molar-refractivity contribution in [2.75, 3.05) is 5.32 Å². The van der Waals surface area contributed by atoms with Gasteiger partial charge < -0.3 is 10.1 Å². The van der Waals surface area contributed by atoms with Gasteiger partial charge in [-0.3, -0.25) is 4.79 Å². The van der Waals surface area contributed by atoms with E-state index in [-0.39, 0.29) is 11.8 Å². The molecule has 0 bridgehead atoms. The van der Waals surface area contributed by atoms with Gasteiger partial charge in [0.15, 0.2) is 0 Å². The lowest BCUT2D eigenvalue weighted by molar-refractivity contribution is -0.115. The van der Waals surface area contributed by atoms with Gasteiger partial charge in [0.1, 0.15) is 16.4 Å². The van der Waals surface area contributed by atoms with E-state index >= 15 is 0 Å². The van der Waals surface area contributed by atoms with E-state index in [2.05, 4.69) is 31.3 Å². The molecule has 0 radical (unpaired) electrons. The molecular formula is C20H20N2O2S. The monoisotopic (exact) mass is 352 g/mol. The van der Waals surface area contributed by atoms with Crippen molar-refractivity contribution in [3.63, 3.8) is 0 Å². The molecule has 0 fully saturated rings. The summed E-state index contributed by atoms with van der Waals surface area (Å²) in [6.07, 6.45) is 0.439. The number of carbonyl (C=O) groups excluding carboxylic acids is 1. The molecule has 0 aliphatic carbocycles. The molecular weight excluding hydrogens is 332 g/mol. The van der Waals surface area contributed by atoms with Crippen LogP contribution in [0.3, 0.4) is 0 Å². The minimum Gasteiger partial charge on any atom is -0.484 e. The molecule has 1 aliphatic heterocycles. The predicted octanol–water partition coefficient (Wildman–Crippen LogP) is 4.95. The molecule has 2 heterocycles. The Morgan fingerprint density at radius 1 is 1.24 bits per heavy atom. The molecule has 4 nitrogen and oxygen atoms in total. The molecule has 1 N–H and O–H groups in total. The van der Waals surface area contributed by atoms with Gasteiger partial charge >= 0.3 is 0 Å². The second kappa shape index (κ2) is 5.85. The van der Waals surface area contributed by atoms with Gasteiger partial charge in [-0.15, -0.1) is 11.3 Å². The first-order valence-electron chi connectivity index (χ1n) is 8.47. The number of aromatic nitrogens is 1. The first kappa shape index (κ1) is 16.1. The Labute approximate surface area is 150 Å². The van der Waals surface area contributed by atoms with E-state index in [1.807, 2.05) is 37.3 Å². The number of hydrogen-bond donors (Lipinski definition) is 1. The topological polar surface area (TPSA) is 51.2 Å². The quantitative estimate of drug-likeness (QED) is 0.726. The third-order valence-corrected chi connectivity index (χ3v) is 5.67. The maximum atomic E-state index is 11.8. The summed E-state index contributed by atoms with van der Waals surface area (Å²) in [5.74, 6) is 0.787. The fourth-order valence-corrected chi connectivity index (χ4v) is 4.64. The van der Waals surface area contributed by atoms with Gasteiger partial charge in [0, 0.05) is 12.0 Å². The summed E-state index contributed by atoms with van der Waals surface area (Å²) in [7, 11) is 0. The summed E-state index contributed by atoms with van der Waals surface area (Å²) in [6, 6.07) is 14.1. The van der Waals surface area contributed by atoms with Crippen LogP contribution in [0.1, 0.15) is 43.7 Å². The molecule has 1 unspecified atom stereocenters. The van der Waals surface area contributed by atoms with Gasteiger partial charge in [0.25, 0.3) is 0 Å². The zero-order valence-electron chi connectivity index (χ0n) is 14.5. The Morgan fingerprint density at radius 2 is 2.04 bits per heavy atom. The molecule has 1 aromatic heterocycles. The van der Waals surface area contributed by atoms with Crippen LogP contribution in [0.5, 0.6) is 5.75 Å². The number of para-hydroxylation sites is 2. The SMILES string of the molecule is CCC(=O)Nc1cccc2c1OC(C)(C)C2c1nc2ccccc2s1. The first-order chi connectivity index (χ1) is 12.0. The van der Waals surface area contributed by atoms with Crippen molar-refractivity contribution >= 4 is 33.1 Å². The van der Waals surface area contributed by atoms with Crippen LogP contribution in [0.25, 0.3) is 10.2 Å². The Balaban J connectivity index is 1.82. The molecule has 0 spiro atoms. The van der Waals surface area contributed by atoms with Crippen molar-refractivity contribution in [2.24, 2.45) is 0 Å². The van der Waals surface area contributed by atoms with Gasteiger partial charge in [0.2, 0.25) is 5.91 Å². The fourth-order valence-electron chi connectivity index (χ4n) is 3.37. The van der Waals surface area contributed by atoms with Gasteiger partial charge in [0.05, 0.1) is 21.8 Å². The summed E-state index contributed by atoms with van der Waals surface area (Å²) in [4.78, 5) is 16.7. The Bertz CT molecular complexity index is 928. The third-order valence-electron chi connectivity index (χ3n) is 4.57. The molecule has 4 rings (SSSR count). The van der Waals surface area contributed by atoms with Crippen molar-refractivity contribution < 1.29 is 9.53 Å². The molecule has 1 atom stereocenters. The minimum absolute atomic E-state index is 0.0155. The number of benzene rings is 2. The van der Waals surface area contributed by atoms with E-state index < -0.39 is 5.60 Å². The van der Waals surface area contributed by atoms with E-state index in [1.54, 1.807) is 11.3 Å². The Kier molecular flexibility index (Phi) is 3.76. The molecule has 2 aromatic carbocycles. The Morgan fingerprint density at radius 3 is 2.80 bits per heavy atom. The summed E-state index contributed by atoms with van der Waals surface area (Å²) in [5, 5.41) is 3.99. The van der Waals surface area contributed by atoms with Crippen LogP contribution in [0.4, 0.5) is 5.69 Å². The number of fused-ring (bicyclic) bond motifs is 2. The van der Waals surface area contributed by atoms with Crippen LogP contribution in [0.15, 0.2) is 42.5 Å². The Hall–Kier alpha value is -2.40. The number of rotatable bonds is 3. The summed E-state index contributed by atoms with van der Waals surface area (Å²) in [6.45, 7) is 6.00. The number of ether oxygens (including phenoxy) is 1. The number of nitrogens with zero attached hydrogens (tertiary/aromatic N) is 1. The predicted molar refractivity (Wildman–Crippen MR) is 102 cm³/mol. The first-order valence-corrected chi connectivity index (χ1v) is 9.28. The maximum absolute atomic E-state index is 11.8. The molecule has 0 saturated heterocycles. The smallest absolute Gasteiger partial charge is 0.224 e. The highest BCUT2D eigenvalue weighted by molar-refractivity contribution is 7.18. The van der Waals surface area contributed by atoms with Crippen molar-refractivity contribution in [3.05, 3.63) is 53.0 Å². The van der Waals surface area contributed by atoms with Crippen LogP contribution in [0.2, 0.25) is 0 Å². The highest BCUT2D eigenvalue weighted by Gasteiger charge is 2.45. The molecule has 0 saturated carbocycles. The van der Waals surface area contributed by atoms with Gasteiger partial charge in [-0.05, 0) is 32.0 Å². The second-order valence-electron chi connectivity index (χ2n) is 6.78. The van der Waals surface area contributed by atoms with E-state index in [0.717, 1.165) is 27.5 Å². The van der Waals surface area contributed by atoms with Crippen LogP contribution in [-0.4, -0.2) is 16.5 Å². The standard InChI is InChI=1S/C20H20N2O2S/c1-4-16(23)21-14-10-7-8-12-17(20(2,3)24-18(12)14)19-22-13-9-5-6-11-15(13)25-19/h5-11,17H,4H2,1-3H3,(H,21,23). The normalized spacial score (nSPS) is 18.0. The maximum Gasteiger partial charge on any atom is 0.224 e. The lowest BCUT2D eigenvalue weighted by Gasteiger charge is -2.24. The number of hydrogen-bond acceptors (Lipinski definition) is 4. The highest BCUT2D eigenvalue weighted by atomic mass is 32.1. The average molecular weight is 352 g/mol. The molecule has 3 aromatic rings. The zero-order chi connectivity index (χ0) is 17.6.